The highest BCUT2D eigenvalue weighted by molar-refractivity contribution is 6.29. The van der Waals surface area contributed by atoms with Crippen molar-refractivity contribution in [2.45, 2.75) is 0 Å². The van der Waals surface area contributed by atoms with Crippen molar-refractivity contribution in [3.05, 3.63) is 65.8 Å². The van der Waals surface area contributed by atoms with Crippen molar-refractivity contribution in [1.29, 1.82) is 0 Å². The Labute approximate surface area is 128 Å². The third-order valence-electron chi connectivity index (χ3n) is 3.09. The summed E-state index contributed by atoms with van der Waals surface area (Å²) in [5.41, 5.74) is 2.65. The molecule has 3 aromatic rings. The maximum atomic E-state index is 6.14. The number of aromatic nitrogens is 2. The van der Waals surface area contributed by atoms with E-state index < -0.39 is 0 Å². The van der Waals surface area contributed by atoms with E-state index in [2.05, 4.69) is 9.97 Å². The normalized spacial score (nSPS) is 10.4. The predicted molar refractivity (Wildman–Crippen MR) is 84.5 cm³/mol. The van der Waals surface area contributed by atoms with Crippen molar-refractivity contribution in [3.63, 3.8) is 0 Å². The maximum Gasteiger partial charge on any atom is 0.161 e. The van der Waals surface area contributed by atoms with Crippen LogP contribution < -0.4 is 4.74 Å². The van der Waals surface area contributed by atoms with Gasteiger partial charge in [0.25, 0.3) is 0 Å². The fourth-order valence-electron chi connectivity index (χ4n) is 2.06. The van der Waals surface area contributed by atoms with Crippen LogP contribution in [0.5, 0.6) is 5.75 Å². The van der Waals surface area contributed by atoms with Gasteiger partial charge >= 0.3 is 0 Å². The molecule has 0 amide bonds. The van der Waals surface area contributed by atoms with Crippen LogP contribution in [-0.4, -0.2) is 17.1 Å². The fraction of sp³-hybridized carbons (Fsp3) is 0.0588. The number of hydrogen-bond acceptors (Lipinski definition) is 3. The molecule has 0 saturated heterocycles. The van der Waals surface area contributed by atoms with Crippen LogP contribution in [0.25, 0.3) is 22.6 Å². The molecule has 21 heavy (non-hydrogen) atoms. The van der Waals surface area contributed by atoms with E-state index in [1.54, 1.807) is 13.2 Å². The Bertz CT molecular complexity index is 760. The van der Waals surface area contributed by atoms with E-state index in [9.17, 15) is 0 Å². The Balaban J connectivity index is 2.09. The lowest BCUT2D eigenvalue weighted by Crippen LogP contribution is -1.93. The first-order chi connectivity index (χ1) is 10.3. The van der Waals surface area contributed by atoms with Crippen LogP contribution in [0.3, 0.4) is 0 Å². The molecule has 0 bridgehead atoms. The van der Waals surface area contributed by atoms with E-state index in [1.807, 2.05) is 54.6 Å². The average Bonchev–Trinajstić information content (AvgIpc) is 2.55. The average molecular weight is 297 g/mol. The van der Waals surface area contributed by atoms with E-state index in [4.69, 9.17) is 16.3 Å². The summed E-state index contributed by atoms with van der Waals surface area (Å²) in [5.74, 6) is 1.39. The van der Waals surface area contributed by atoms with Gasteiger partial charge in [-0.1, -0.05) is 54.1 Å². The van der Waals surface area contributed by atoms with Crippen LogP contribution in [0.4, 0.5) is 0 Å². The van der Waals surface area contributed by atoms with Gasteiger partial charge in [-0.05, 0) is 12.1 Å². The van der Waals surface area contributed by atoms with Crippen molar-refractivity contribution in [3.8, 4) is 28.4 Å². The Morgan fingerprint density at radius 2 is 1.62 bits per heavy atom. The minimum absolute atomic E-state index is 0.418. The largest absolute Gasteiger partial charge is 0.497 e. The van der Waals surface area contributed by atoms with Crippen LogP contribution in [0, 0.1) is 0 Å². The number of rotatable bonds is 3. The van der Waals surface area contributed by atoms with E-state index in [-0.39, 0.29) is 0 Å². The molecule has 104 valence electrons. The van der Waals surface area contributed by atoms with Crippen molar-refractivity contribution in [1.82, 2.24) is 9.97 Å². The third kappa shape index (κ3) is 3.03. The van der Waals surface area contributed by atoms with Gasteiger partial charge in [0.1, 0.15) is 10.9 Å². The molecule has 4 heteroatoms. The minimum atomic E-state index is 0.418. The fourth-order valence-corrected chi connectivity index (χ4v) is 2.25. The van der Waals surface area contributed by atoms with Gasteiger partial charge in [-0.3, -0.25) is 0 Å². The summed E-state index contributed by atoms with van der Waals surface area (Å²) in [5, 5.41) is 0.418. The van der Waals surface area contributed by atoms with Gasteiger partial charge in [0, 0.05) is 17.2 Å². The van der Waals surface area contributed by atoms with Crippen LogP contribution >= 0.6 is 11.6 Å². The Kier molecular flexibility index (Phi) is 3.84. The monoisotopic (exact) mass is 296 g/mol. The van der Waals surface area contributed by atoms with Crippen LogP contribution in [-0.2, 0) is 0 Å². The zero-order valence-electron chi connectivity index (χ0n) is 11.5. The SMILES string of the molecule is COc1cccc(-c2cc(Cl)nc(-c3ccccc3)n2)c1. The van der Waals surface area contributed by atoms with Gasteiger partial charge in [0.2, 0.25) is 0 Å². The van der Waals surface area contributed by atoms with E-state index in [1.165, 1.54) is 0 Å². The summed E-state index contributed by atoms with van der Waals surface area (Å²) in [7, 11) is 1.64. The molecule has 2 aromatic carbocycles. The Morgan fingerprint density at radius 3 is 2.38 bits per heavy atom. The maximum absolute atomic E-state index is 6.14. The summed E-state index contributed by atoms with van der Waals surface area (Å²) >= 11 is 6.14. The van der Waals surface area contributed by atoms with Gasteiger partial charge < -0.3 is 4.74 Å². The number of benzene rings is 2. The molecular weight excluding hydrogens is 284 g/mol. The Morgan fingerprint density at radius 1 is 0.857 bits per heavy atom. The molecule has 0 N–H and O–H groups in total. The van der Waals surface area contributed by atoms with Gasteiger partial charge in [-0.25, -0.2) is 9.97 Å². The van der Waals surface area contributed by atoms with Crippen LogP contribution in [0.15, 0.2) is 60.7 Å². The molecule has 0 spiro atoms. The van der Waals surface area contributed by atoms with Crippen LogP contribution in [0.2, 0.25) is 5.15 Å². The Hall–Kier alpha value is -2.39. The molecule has 1 aromatic heterocycles. The topological polar surface area (TPSA) is 35.0 Å². The van der Waals surface area contributed by atoms with Gasteiger partial charge in [0.15, 0.2) is 5.82 Å². The zero-order chi connectivity index (χ0) is 14.7. The summed E-state index contributed by atoms with van der Waals surface area (Å²) < 4.78 is 5.25. The quantitative estimate of drug-likeness (QED) is 0.669. The second kappa shape index (κ2) is 5.94. The molecule has 0 atom stereocenters. The molecular formula is C17H13ClN2O. The van der Waals surface area contributed by atoms with Gasteiger partial charge in [0.05, 0.1) is 12.8 Å². The van der Waals surface area contributed by atoms with Gasteiger partial charge in [-0.15, -0.1) is 0 Å². The molecule has 0 aliphatic carbocycles. The van der Waals surface area contributed by atoms with Crippen molar-refractivity contribution >= 4 is 11.6 Å². The molecule has 0 saturated carbocycles. The first-order valence-electron chi connectivity index (χ1n) is 6.51. The lowest BCUT2D eigenvalue weighted by atomic mass is 10.1. The molecule has 0 unspecified atom stereocenters. The van der Waals surface area contributed by atoms with Crippen LogP contribution in [0.1, 0.15) is 0 Å². The molecule has 0 radical (unpaired) electrons. The van der Waals surface area contributed by atoms with Crippen molar-refractivity contribution in [2.75, 3.05) is 7.11 Å². The predicted octanol–water partition coefficient (Wildman–Crippen LogP) is 4.47. The lowest BCUT2D eigenvalue weighted by Gasteiger charge is -2.07. The summed E-state index contributed by atoms with van der Waals surface area (Å²) in [6, 6.07) is 19.2. The van der Waals surface area contributed by atoms with E-state index >= 15 is 0 Å². The number of ether oxygens (including phenoxy) is 1. The highest BCUT2D eigenvalue weighted by Crippen LogP contribution is 2.26. The minimum Gasteiger partial charge on any atom is -0.497 e. The molecule has 0 aliphatic heterocycles. The van der Waals surface area contributed by atoms with E-state index in [0.29, 0.717) is 11.0 Å². The summed E-state index contributed by atoms with van der Waals surface area (Å²) in [6.07, 6.45) is 0. The van der Waals surface area contributed by atoms with Crippen molar-refractivity contribution in [2.24, 2.45) is 0 Å². The zero-order valence-corrected chi connectivity index (χ0v) is 12.2. The number of hydrogen-bond donors (Lipinski definition) is 0. The van der Waals surface area contributed by atoms with Crippen molar-refractivity contribution < 1.29 is 4.74 Å². The molecule has 0 fully saturated rings. The first kappa shape index (κ1) is 13.6. The number of nitrogens with zero attached hydrogens (tertiary/aromatic N) is 2. The highest BCUT2D eigenvalue weighted by Gasteiger charge is 2.08. The van der Waals surface area contributed by atoms with Gasteiger partial charge in [-0.2, -0.15) is 0 Å². The molecule has 3 nitrogen and oxygen atoms in total. The standard InChI is InChI=1S/C17H13ClN2O/c1-21-14-9-5-8-13(10-14)15-11-16(18)20-17(19-15)12-6-3-2-4-7-12/h2-11H,1H3. The first-order valence-corrected chi connectivity index (χ1v) is 6.88. The second-order valence-electron chi connectivity index (χ2n) is 4.50. The summed E-state index contributed by atoms with van der Waals surface area (Å²) in [6.45, 7) is 0. The molecule has 3 rings (SSSR count). The highest BCUT2D eigenvalue weighted by atomic mass is 35.5. The molecule has 0 aliphatic rings. The smallest absolute Gasteiger partial charge is 0.161 e. The summed E-state index contributed by atoms with van der Waals surface area (Å²) in [4.78, 5) is 8.89. The molecule has 1 heterocycles. The third-order valence-corrected chi connectivity index (χ3v) is 3.29. The van der Waals surface area contributed by atoms with E-state index in [0.717, 1.165) is 22.6 Å². The number of methoxy groups -OCH3 is 1. The second-order valence-corrected chi connectivity index (χ2v) is 4.88. The number of halogens is 1. The lowest BCUT2D eigenvalue weighted by molar-refractivity contribution is 0.415.